The number of aryl methyl sites for hydroxylation is 1. The zero-order chi connectivity index (χ0) is 24.6. The van der Waals surface area contributed by atoms with E-state index >= 15 is 0 Å². The molecule has 180 valence electrons. The van der Waals surface area contributed by atoms with E-state index in [0.29, 0.717) is 25.5 Å². The minimum atomic E-state index is -1.73. The van der Waals surface area contributed by atoms with Crippen LogP contribution in [-0.2, 0) is 24.9 Å². The Hall–Kier alpha value is -3.83. The van der Waals surface area contributed by atoms with Crippen LogP contribution < -0.4 is 21.1 Å². The van der Waals surface area contributed by atoms with Gasteiger partial charge in [0.15, 0.2) is 0 Å². The number of anilines is 1. The second-order valence-electron chi connectivity index (χ2n) is 7.89. The molecule has 0 aliphatic rings. The molecule has 0 aliphatic heterocycles. The molecular weight excluding hydrogens is 436 g/mol. The lowest BCUT2D eigenvalue weighted by molar-refractivity contribution is -0.146. The fourth-order valence-corrected chi connectivity index (χ4v) is 3.50. The fourth-order valence-electron chi connectivity index (χ4n) is 3.50. The third kappa shape index (κ3) is 6.15. The first-order valence-electron chi connectivity index (χ1n) is 10.9. The van der Waals surface area contributed by atoms with Gasteiger partial charge in [0, 0.05) is 52.0 Å². The molecule has 0 spiro atoms. The van der Waals surface area contributed by atoms with E-state index in [1.165, 1.54) is 11.2 Å². The van der Waals surface area contributed by atoms with Crippen LogP contribution in [0, 0.1) is 0 Å². The van der Waals surface area contributed by atoms with Crippen LogP contribution in [-0.4, -0.2) is 49.2 Å². The summed E-state index contributed by atoms with van der Waals surface area (Å²) in [5.74, 6) is -1.25. The first-order valence-corrected chi connectivity index (χ1v) is 10.9. The van der Waals surface area contributed by atoms with Crippen molar-refractivity contribution in [2.24, 2.45) is 7.05 Å². The maximum atomic E-state index is 13.0. The van der Waals surface area contributed by atoms with Crippen LogP contribution in [0.2, 0.25) is 0 Å². The monoisotopic (exact) mass is 466 g/mol. The number of rotatable bonds is 12. The smallest absolute Gasteiger partial charge is 0.346 e. The number of aromatic nitrogens is 4. The Morgan fingerprint density at radius 2 is 1.85 bits per heavy atom. The SMILES string of the molecule is CCC[C@](NC(=O)c1ccc(CNCc2ccccn2)nc1)(NN(C)c1nccn1C)C(=O)O. The Morgan fingerprint density at radius 3 is 2.41 bits per heavy atom. The highest BCUT2D eigenvalue weighted by Gasteiger charge is 2.41. The van der Waals surface area contributed by atoms with Crippen molar-refractivity contribution in [2.45, 2.75) is 38.5 Å². The lowest BCUT2D eigenvalue weighted by Crippen LogP contribution is -2.68. The number of carbonyl (C=O) groups excluding carboxylic acids is 1. The summed E-state index contributed by atoms with van der Waals surface area (Å²) in [7, 11) is 3.44. The van der Waals surface area contributed by atoms with E-state index < -0.39 is 17.5 Å². The number of amides is 1. The fraction of sp³-hybridized carbons (Fsp3) is 0.348. The molecule has 3 rings (SSSR count). The summed E-state index contributed by atoms with van der Waals surface area (Å²) in [6.07, 6.45) is 7.20. The van der Waals surface area contributed by atoms with Crippen LogP contribution in [0.25, 0.3) is 0 Å². The highest BCUT2D eigenvalue weighted by molar-refractivity contribution is 5.97. The maximum Gasteiger partial charge on any atom is 0.346 e. The van der Waals surface area contributed by atoms with E-state index in [-0.39, 0.29) is 12.0 Å². The van der Waals surface area contributed by atoms with Gasteiger partial charge >= 0.3 is 5.97 Å². The summed E-state index contributed by atoms with van der Waals surface area (Å²) >= 11 is 0. The van der Waals surface area contributed by atoms with Crippen LogP contribution in [0.1, 0.15) is 41.5 Å². The van der Waals surface area contributed by atoms with E-state index in [0.717, 1.165) is 11.4 Å². The molecule has 3 aromatic rings. The van der Waals surface area contributed by atoms with E-state index in [9.17, 15) is 14.7 Å². The second-order valence-corrected chi connectivity index (χ2v) is 7.89. The number of carbonyl (C=O) groups is 2. The third-order valence-electron chi connectivity index (χ3n) is 5.20. The lowest BCUT2D eigenvalue weighted by Gasteiger charge is -2.35. The van der Waals surface area contributed by atoms with Crippen LogP contribution in [0.5, 0.6) is 0 Å². The largest absolute Gasteiger partial charge is 0.478 e. The summed E-state index contributed by atoms with van der Waals surface area (Å²) in [5, 5.41) is 17.4. The Bertz CT molecular complexity index is 1090. The van der Waals surface area contributed by atoms with E-state index in [1.54, 1.807) is 49.4 Å². The van der Waals surface area contributed by atoms with Crippen molar-refractivity contribution in [2.75, 3.05) is 12.1 Å². The number of carboxylic acid groups (broad SMARTS) is 1. The normalized spacial score (nSPS) is 12.7. The molecule has 11 heteroatoms. The molecule has 0 aromatic carbocycles. The number of imidazole rings is 1. The summed E-state index contributed by atoms with van der Waals surface area (Å²) in [6, 6.07) is 9.07. The molecule has 3 aromatic heterocycles. The predicted octanol–water partition coefficient (Wildman–Crippen LogP) is 1.45. The number of carboxylic acids is 1. The van der Waals surface area contributed by atoms with Gasteiger partial charge in [-0.3, -0.25) is 19.8 Å². The zero-order valence-corrected chi connectivity index (χ0v) is 19.5. The minimum Gasteiger partial charge on any atom is -0.478 e. The number of pyridine rings is 2. The molecule has 34 heavy (non-hydrogen) atoms. The van der Waals surface area contributed by atoms with Crippen molar-refractivity contribution in [3.05, 3.63) is 72.1 Å². The van der Waals surface area contributed by atoms with E-state index in [2.05, 4.69) is 31.0 Å². The zero-order valence-electron chi connectivity index (χ0n) is 19.5. The standard InChI is InChI=1S/C23H30N8O3/c1-4-10-23(21(33)34,29-31(3)22-26-12-13-30(22)2)28-20(32)17-8-9-19(27-14-17)16-24-15-18-7-5-6-11-25-18/h5-9,11-14,24,29H,4,10,15-16H2,1-3H3,(H,28,32)(H,33,34)/t23-/m0/s1. The average Bonchev–Trinajstić information content (AvgIpc) is 3.26. The molecule has 1 atom stereocenters. The first-order chi connectivity index (χ1) is 16.3. The van der Waals surface area contributed by atoms with Gasteiger partial charge < -0.3 is 20.3 Å². The molecule has 0 bridgehead atoms. The highest BCUT2D eigenvalue weighted by Crippen LogP contribution is 2.16. The second kappa shape index (κ2) is 11.3. The van der Waals surface area contributed by atoms with Gasteiger partial charge in [-0.15, -0.1) is 0 Å². The molecule has 4 N–H and O–H groups in total. The van der Waals surface area contributed by atoms with Crippen molar-refractivity contribution in [1.29, 1.82) is 0 Å². The van der Waals surface area contributed by atoms with Crippen LogP contribution in [0.4, 0.5) is 5.95 Å². The maximum absolute atomic E-state index is 13.0. The third-order valence-corrected chi connectivity index (χ3v) is 5.20. The van der Waals surface area contributed by atoms with Crippen molar-refractivity contribution in [1.82, 2.24) is 35.6 Å². The van der Waals surface area contributed by atoms with Gasteiger partial charge in [0.2, 0.25) is 11.6 Å². The van der Waals surface area contributed by atoms with Crippen LogP contribution in [0.15, 0.2) is 55.1 Å². The van der Waals surface area contributed by atoms with Gasteiger partial charge in [-0.25, -0.2) is 9.78 Å². The number of nitrogens with zero attached hydrogens (tertiary/aromatic N) is 5. The van der Waals surface area contributed by atoms with Crippen LogP contribution >= 0.6 is 0 Å². The summed E-state index contributed by atoms with van der Waals surface area (Å²) in [4.78, 5) is 38.1. The van der Waals surface area contributed by atoms with Crippen LogP contribution in [0.3, 0.4) is 0 Å². The number of hydrogen-bond donors (Lipinski definition) is 4. The molecule has 0 saturated carbocycles. The van der Waals surface area contributed by atoms with Gasteiger partial charge in [0.25, 0.3) is 5.91 Å². The lowest BCUT2D eigenvalue weighted by atomic mass is 10.0. The van der Waals surface area contributed by atoms with Crippen molar-refractivity contribution < 1.29 is 14.7 Å². The average molecular weight is 467 g/mol. The number of aliphatic carboxylic acids is 1. The molecule has 1 amide bonds. The van der Waals surface area contributed by atoms with Gasteiger partial charge in [-0.05, 0) is 30.7 Å². The topological polar surface area (TPSA) is 137 Å². The summed E-state index contributed by atoms with van der Waals surface area (Å²) in [6.45, 7) is 2.95. The molecule has 0 fully saturated rings. The highest BCUT2D eigenvalue weighted by atomic mass is 16.4. The van der Waals surface area contributed by atoms with E-state index in [1.807, 2.05) is 25.1 Å². The minimum absolute atomic E-state index is 0.159. The predicted molar refractivity (Wildman–Crippen MR) is 127 cm³/mol. The van der Waals surface area contributed by atoms with E-state index in [4.69, 9.17) is 0 Å². The summed E-state index contributed by atoms with van der Waals surface area (Å²) in [5.41, 5.74) is 3.11. The van der Waals surface area contributed by atoms with Gasteiger partial charge in [-0.2, -0.15) is 5.43 Å². The number of nitrogens with one attached hydrogen (secondary N) is 3. The molecule has 3 heterocycles. The number of hydrazine groups is 1. The Labute approximate surface area is 198 Å². The number of hydrogen-bond acceptors (Lipinski definition) is 8. The molecule has 11 nitrogen and oxygen atoms in total. The molecule has 0 radical (unpaired) electrons. The van der Waals surface area contributed by atoms with Gasteiger partial charge in [0.1, 0.15) is 0 Å². The van der Waals surface area contributed by atoms with Gasteiger partial charge in [-0.1, -0.05) is 19.4 Å². The van der Waals surface area contributed by atoms with Gasteiger partial charge in [0.05, 0.1) is 17.0 Å². The Balaban J connectivity index is 1.67. The molecular formula is C23H30N8O3. The molecule has 0 aliphatic carbocycles. The quantitative estimate of drug-likeness (QED) is 0.231. The van der Waals surface area contributed by atoms with Crippen molar-refractivity contribution in [3.8, 4) is 0 Å². The molecule has 0 unspecified atom stereocenters. The summed E-state index contributed by atoms with van der Waals surface area (Å²) < 4.78 is 1.73. The van der Waals surface area contributed by atoms with Crippen molar-refractivity contribution >= 4 is 17.8 Å². The first kappa shape index (κ1) is 24.8. The Kier molecular flexibility index (Phi) is 8.28. The Morgan fingerprint density at radius 1 is 1.09 bits per heavy atom. The molecule has 0 saturated heterocycles. The van der Waals surface area contributed by atoms with Crippen molar-refractivity contribution in [3.63, 3.8) is 0 Å².